The highest BCUT2D eigenvalue weighted by Crippen LogP contribution is 2.29. The molecule has 3 aromatic rings. The van der Waals surface area contributed by atoms with Gasteiger partial charge < -0.3 is 20.4 Å². The standard InChI is InChI=1S/C18H22ClN5O2/c1-2-26-11-14-23-16-17(24(14)9-5-8-21-15(25)10-19)12-6-3-4-7-13(12)22-18(16)20/h3-4,6-7H,2,5,8-11H2,1H3,(H2,20,22)(H,21,25). The molecule has 0 unspecified atom stereocenters. The van der Waals surface area contributed by atoms with Crippen molar-refractivity contribution in [1.29, 1.82) is 0 Å². The zero-order chi connectivity index (χ0) is 18.5. The van der Waals surface area contributed by atoms with E-state index in [9.17, 15) is 4.79 Å². The quantitative estimate of drug-likeness (QED) is 0.465. The van der Waals surface area contributed by atoms with Crippen LogP contribution in [0.5, 0.6) is 0 Å². The fourth-order valence-corrected chi connectivity index (χ4v) is 3.06. The van der Waals surface area contributed by atoms with E-state index in [1.165, 1.54) is 0 Å². The highest BCUT2D eigenvalue weighted by Gasteiger charge is 2.17. The second-order valence-corrected chi connectivity index (χ2v) is 6.13. The fourth-order valence-electron chi connectivity index (χ4n) is 2.96. The van der Waals surface area contributed by atoms with Gasteiger partial charge in [0.15, 0.2) is 5.82 Å². The number of nitrogen functional groups attached to an aromatic ring is 1. The van der Waals surface area contributed by atoms with Crippen molar-refractivity contribution in [2.75, 3.05) is 24.8 Å². The van der Waals surface area contributed by atoms with Gasteiger partial charge in [0.1, 0.15) is 23.8 Å². The number of amides is 1. The summed E-state index contributed by atoms with van der Waals surface area (Å²) in [4.78, 5) is 20.4. The third-order valence-electron chi connectivity index (χ3n) is 4.13. The summed E-state index contributed by atoms with van der Waals surface area (Å²) in [6, 6.07) is 7.86. The van der Waals surface area contributed by atoms with Crippen LogP contribution >= 0.6 is 11.6 Å². The average molecular weight is 376 g/mol. The largest absolute Gasteiger partial charge is 0.382 e. The molecular weight excluding hydrogens is 354 g/mol. The van der Waals surface area contributed by atoms with Crippen LogP contribution in [0, 0.1) is 0 Å². The van der Waals surface area contributed by atoms with Crippen LogP contribution in [0.4, 0.5) is 5.82 Å². The number of hydrogen-bond acceptors (Lipinski definition) is 5. The van der Waals surface area contributed by atoms with E-state index in [-0.39, 0.29) is 11.8 Å². The Morgan fingerprint density at radius 3 is 2.92 bits per heavy atom. The van der Waals surface area contributed by atoms with Crippen LogP contribution in [0.25, 0.3) is 21.9 Å². The van der Waals surface area contributed by atoms with E-state index >= 15 is 0 Å². The van der Waals surface area contributed by atoms with E-state index in [1.807, 2.05) is 31.2 Å². The number of pyridine rings is 1. The number of benzene rings is 1. The maximum atomic E-state index is 11.3. The summed E-state index contributed by atoms with van der Waals surface area (Å²) < 4.78 is 7.68. The molecule has 0 aliphatic heterocycles. The lowest BCUT2D eigenvalue weighted by Gasteiger charge is -2.11. The molecule has 0 aliphatic carbocycles. The molecule has 0 radical (unpaired) electrons. The first-order valence-electron chi connectivity index (χ1n) is 8.59. The Kier molecular flexibility index (Phi) is 5.90. The van der Waals surface area contributed by atoms with E-state index in [4.69, 9.17) is 22.1 Å². The molecular formula is C18H22ClN5O2. The molecule has 26 heavy (non-hydrogen) atoms. The number of hydrogen-bond donors (Lipinski definition) is 2. The number of aryl methyl sites for hydroxylation is 1. The molecule has 0 atom stereocenters. The number of ether oxygens (including phenoxy) is 1. The summed E-state index contributed by atoms with van der Waals surface area (Å²) in [7, 11) is 0. The molecule has 2 heterocycles. The second kappa shape index (κ2) is 8.33. The average Bonchev–Trinajstić information content (AvgIpc) is 3.02. The van der Waals surface area contributed by atoms with Gasteiger partial charge in [-0.3, -0.25) is 4.79 Å². The van der Waals surface area contributed by atoms with E-state index in [0.717, 1.165) is 28.7 Å². The Hall–Kier alpha value is -2.38. The number of anilines is 1. The molecule has 7 nitrogen and oxygen atoms in total. The van der Waals surface area contributed by atoms with Gasteiger partial charge >= 0.3 is 0 Å². The van der Waals surface area contributed by atoms with Crippen molar-refractivity contribution in [2.45, 2.75) is 26.5 Å². The zero-order valence-electron chi connectivity index (χ0n) is 14.7. The smallest absolute Gasteiger partial charge is 0.234 e. The second-order valence-electron chi connectivity index (χ2n) is 5.87. The Bertz CT molecular complexity index is 925. The maximum absolute atomic E-state index is 11.3. The molecule has 0 saturated carbocycles. The van der Waals surface area contributed by atoms with E-state index in [2.05, 4.69) is 19.9 Å². The highest BCUT2D eigenvalue weighted by molar-refractivity contribution is 6.27. The molecule has 1 aromatic carbocycles. The van der Waals surface area contributed by atoms with Gasteiger partial charge in [-0.1, -0.05) is 18.2 Å². The number of nitrogens with zero attached hydrogens (tertiary/aromatic N) is 3. The summed E-state index contributed by atoms with van der Waals surface area (Å²) in [5.74, 6) is 1.01. The number of nitrogens with one attached hydrogen (secondary N) is 1. The zero-order valence-corrected chi connectivity index (χ0v) is 15.4. The van der Waals surface area contributed by atoms with Crippen molar-refractivity contribution in [2.24, 2.45) is 0 Å². The van der Waals surface area contributed by atoms with Gasteiger partial charge in [0, 0.05) is 25.1 Å². The van der Waals surface area contributed by atoms with Crippen molar-refractivity contribution in [3.05, 3.63) is 30.1 Å². The third kappa shape index (κ3) is 3.73. The summed E-state index contributed by atoms with van der Waals surface area (Å²) in [5.41, 5.74) is 8.61. The predicted octanol–water partition coefficient (Wildman–Crippen LogP) is 2.45. The minimum atomic E-state index is -0.171. The van der Waals surface area contributed by atoms with Crippen molar-refractivity contribution in [1.82, 2.24) is 19.9 Å². The Labute approximate surface area is 156 Å². The topological polar surface area (TPSA) is 95.1 Å². The first kappa shape index (κ1) is 18.4. The van der Waals surface area contributed by atoms with Crippen molar-refractivity contribution in [3.8, 4) is 0 Å². The summed E-state index contributed by atoms with van der Waals surface area (Å²) in [5, 5.41) is 3.78. The number of carbonyl (C=O) groups is 1. The Morgan fingerprint density at radius 2 is 2.15 bits per heavy atom. The number of alkyl halides is 1. The lowest BCUT2D eigenvalue weighted by atomic mass is 10.2. The van der Waals surface area contributed by atoms with Gasteiger partial charge in [0.05, 0.1) is 11.0 Å². The number of aromatic nitrogens is 3. The Morgan fingerprint density at radius 1 is 1.35 bits per heavy atom. The molecule has 0 saturated heterocycles. The summed E-state index contributed by atoms with van der Waals surface area (Å²) in [6.07, 6.45) is 0.740. The molecule has 0 aliphatic rings. The summed E-state index contributed by atoms with van der Waals surface area (Å²) in [6.45, 7) is 4.16. The minimum absolute atomic E-state index is 0.0313. The van der Waals surface area contributed by atoms with Crippen molar-refractivity contribution in [3.63, 3.8) is 0 Å². The number of carbonyl (C=O) groups excluding carboxylic acids is 1. The third-order valence-corrected chi connectivity index (χ3v) is 4.37. The van der Waals surface area contributed by atoms with Gasteiger partial charge in [-0.05, 0) is 19.4 Å². The molecule has 1 amide bonds. The van der Waals surface area contributed by atoms with Crippen LogP contribution in [0.15, 0.2) is 24.3 Å². The van der Waals surface area contributed by atoms with Gasteiger partial charge in [-0.25, -0.2) is 9.97 Å². The lowest BCUT2D eigenvalue weighted by molar-refractivity contribution is -0.118. The first-order valence-corrected chi connectivity index (χ1v) is 9.12. The van der Waals surface area contributed by atoms with Crippen LogP contribution in [0.2, 0.25) is 0 Å². The Balaban J connectivity index is 2.00. The van der Waals surface area contributed by atoms with E-state index in [0.29, 0.717) is 37.6 Å². The van der Waals surface area contributed by atoms with E-state index in [1.54, 1.807) is 0 Å². The van der Waals surface area contributed by atoms with Crippen molar-refractivity contribution >= 4 is 45.3 Å². The van der Waals surface area contributed by atoms with Gasteiger partial charge in [-0.15, -0.1) is 11.6 Å². The predicted molar refractivity (Wildman–Crippen MR) is 103 cm³/mol. The highest BCUT2D eigenvalue weighted by atomic mass is 35.5. The molecule has 3 N–H and O–H groups in total. The van der Waals surface area contributed by atoms with Crippen LogP contribution in [0.1, 0.15) is 19.2 Å². The molecule has 3 rings (SSSR count). The van der Waals surface area contributed by atoms with Gasteiger partial charge in [0.25, 0.3) is 0 Å². The normalized spacial score (nSPS) is 11.3. The molecule has 0 fully saturated rings. The molecule has 2 aromatic heterocycles. The van der Waals surface area contributed by atoms with Gasteiger partial charge in [-0.2, -0.15) is 0 Å². The fraction of sp³-hybridized carbons (Fsp3) is 0.389. The van der Waals surface area contributed by atoms with E-state index < -0.39 is 0 Å². The lowest BCUT2D eigenvalue weighted by Crippen LogP contribution is -2.26. The number of nitrogens with two attached hydrogens (primary N) is 1. The van der Waals surface area contributed by atoms with Crippen LogP contribution in [0.3, 0.4) is 0 Å². The molecule has 0 bridgehead atoms. The summed E-state index contributed by atoms with van der Waals surface area (Å²) >= 11 is 5.51. The van der Waals surface area contributed by atoms with Gasteiger partial charge in [0.2, 0.25) is 5.91 Å². The SMILES string of the molecule is CCOCc1nc2c(N)nc3ccccc3c2n1CCCNC(=O)CCl. The van der Waals surface area contributed by atoms with Crippen molar-refractivity contribution < 1.29 is 9.53 Å². The van der Waals surface area contributed by atoms with Crippen LogP contribution < -0.4 is 11.1 Å². The number of para-hydroxylation sites is 1. The molecule has 8 heteroatoms. The van der Waals surface area contributed by atoms with Crippen LogP contribution in [-0.2, 0) is 22.7 Å². The number of fused-ring (bicyclic) bond motifs is 3. The minimum Gasteiger partial charge on any atom is -0.382 e. The molecule has 0 spiro atoms. The van der Waals surface area contributed by atoms with Crippen LogP contribution in [-0.4, -0.2) is 39.5 Å². The molecule has 138 valence electrons. The number of halogens is 1. The first-order chi connectivity index (χ1) is 12.7. The number of rotatable bonds is 8. The number of imidazole rings is 1. The maximum Gasteiger partial charge on any atom is 0.234 e. The monoisotopic (exact) mass is 375 g/mol.